The Morgan fingerprint density at radius 3 is 2.20 bits per heavy atom. The average Bonchev–Trinajstić information content (AvgIpc) is 2.58. The molecule has 0 aliphatic carbocycles. The minimum atomic E-state index is -0.279. The predicted molar refractivity (Wildman–Crippen MR) is 110 cm³/mol. The SMILES string of the molecule is CCCCCCC(O)CCC(=O)CCCCCCCCNCCN.Cl. The molecule has 5 heteroatoms. The molecule has 152 valence electrons. The molecule has 4 nitrogen and oxygen atoms in total. The van der Waals surface area contributed by atoms with Gasteiger partial charge in [0, 0.05) is 25.9 Å². The van der Waals surface area contributed by atoms with Crippen LogP contribution in [0.5, 0.6) is 0 Å². The van der Waals surface area contributed by atoms with E-state index in [-0.39, 0.29) is 18.5 Å². The van der Waals surface area contributed by atoms with Crippen molar-refractivity contribution in [1.82, 2.24) is 5.32 Å². The Kier molecular flexibility index (Phi) is 23.7. The molecule has 0 saturated heterocycles. The largest absolute Gasteiger partial charge is 0.393 e. The van der Waals surface area contributed by atoms with Crippen LogP contribution in [0.2, 0.25) is 0 Å². The van der Waals surface area contributed by atoms with Crippen molar-refractivity contribution in [2.45, 2.75) is 103 Å². The molecule has 0 aliphatic rings. The quantitative estimate of drug-likeness (QED) is 0.292. The summed E-state index contributed by atoms with van der Waals surface area (Å²) < 4.78 is 0. The van der Waals surface area contributed by atoms with Crippen molar-refractivity contribution < 1.29 is 9.90 Å². The standard InChI is InChI=1S/C20H42N2O2.ClH/c1-2-3-4-9-12-19(23)14-15-20(24)13-10-7-5-6-8-11-17-22-18-16-21;/h19,22-23H,2-18,21H2,1H3;1H. The Labute approximate surface area is 162 Å². The van der Waals surface area contributed by atoms with Crippen LogP contribution in [0.1, 0.15) is 96.8 Å². The molecule has 0 fully saturated rings. The average molecular weight is 379 g/mol. The highest BCUT2D eigenvalue weighted by atomic mass is 35.5. The van der Waals surface area contributed by atoms with Gasteiger partial charge in [0.1, 0.15) is 5.78 Å². The van der Waals surface area contributed by atoms with Crippen LogP contribution >= 0.6 is 12.4 Å². The van der Waals surface area contributed by atoms with Gasteiger partial charge in [0.05, 0.1) is 6.10 Å². The molecule has 0 bridgehead atoms. The van der Waals surface area contributed by atoms with Gasteiger partial charge in [-0.2, -0.15) is 0 Å². The maximum absolute atomic E-state index is 11.8. The lowest BCUT2D eigenvalue weighted by Gasteiger charge is -2.09. The molecule has 1 atom stereocenters. The van der Waals surface area contributed by atoms with Crippen LogP contribution in [0, 0.1) is 0 Å². The van der Waals surface area contributed by atoms with Gasteiger partial charge < -0.3 is 16.2 Å². The molecule has 1 unspecified atom stereocenters. The second-order valence-corrected chi connectivity index (χ2v) is 6.99. The van der Waals surface area contributed by atoms with E-state index in [0.29, 0.717) is 31.6 Å². The number of carbonyl (C=O) groups is 1. The highest BCUT2D eigenvalue weighted by Crippen LogP contribution is 2.12. The summed E-state index contributed by atoms with van der Waals surface area (Å²) in [4.78, 5) is 11.8. The number of ketones is 1. The van der Waals surface area contributed by atoms with Crippen LogP contribution in [0.25, 0.3) is 0 Å². The second kappa shape index (κ2) is 21.9. The van der Waals surface area contributed by atoms with E-state index < -0.39 is 0 Å². The number of unbranched alkanes of at least 4 members (excludes halogenated alkanes) is 8. The molecule has 0 aromatic rings. The van der Waals surface area contributed by atoms with Gasteiger partial charge in [-0.25, -0.2) is 0 Å². The van der Waals surface area contributed by atoms with Crippen molar-refractivity contribution in [3.8, 4) is 0 Å². The predicted octanol–water partition coefficient (Wildman–Crippen LogP) is 4.37. The minimum absolute atomic E-state index is 0. The van der Waals surface area contributed by atoms with Gasteiger partial charge in [0.15, 0.2) is 0 Å². The minimum Gasteiger partial charge on any atom is -0.393 e. The van der Waals surface area contributed by atoms with E-state index in [0.717, 1.165) is 38.8 Å². The van der Waals surface area contributed by atoms with E-state index >= 15 is 0 Å². The zero-order chi connectivity index (χ0) is 17.9. The van der Waals surface area contributed by atoms with Crippen molar-refractivity contribution >= 4 is 18.2 Å². The number of nitrogens with two attached hydrogens (primary N) is 1. The lowest BCUT2D eigenvalue weighted by atomic mass is 10.0. The third kappa shape index (κ3) is 21.8. The molecule has 0 aromatic carbocycles. The fourth-order valence-electron chi connectivity index (χ4n) is 2.91. The monoisotopic (exact) mass is 378 g/mol. The fraction of sp³-hybridized carbons (Fsp3) is 0.950. The molecule has 25 heavy (non-hydrogen) atoms. The number of hydrogen-bond acceptors (Lipinski definition) is 4. The van der Waals surface area contributed by atoms with Gasteiger partial charge in [0.25, 0.3) is 0 Å². The number of carbonyl (C=O) groups excluding carboxylic acids is 1. The Morgan fingerprint density at radius 1 is 0.880 bits per heavy atom. The van der Waals surface area contributed by atoms with Gasteiger partial charge in [0.2, 0.25) is 0 Å². The Bertz CT molecular complexity index is 278. The lowest BCUT2D eigenvalue weighted by Crippen LogP contribution is -2.23. The number of hydrogen-bond donors (Lipinski definition) is 3. The summed E-state index contributed by atoms with van der Waals surface area (Å²) in [5.41, 5.74) is 5.42. The third-order valence-corrected chi connectivity index (χ3v) is 4.53. The van der Waals surface area contributed by atoms with Gasteiger partial charge >= 0.3 is 0 Å². The Balaban J connectivity index is 0. The number of halogens is 1. The molecule has 0 amide bonds. The smallest absolute Gasteiger partial charge is 0.133 e. The van der Waals surface area contributed by atoms with Crippen molar-refractivity contribution in [2.75, 3.05) is 19.6 Å². The van der Waals surface area contributed by atoms with Gasteiger partial charge in [-0.15, -0.1) is 12.4 Å². The van der Waals surface area contributed by atoms with Crippen molar-refractivity contribution in [3.63, 3.8) is 0 Å². The van der Waals surface area contributed by atoms with Crippen molar-refractivity contribution in [3.05, 3.63) is 0 Å². The van der Waals surface area contributed by atoms with Crippen molar-refractivity contribution in [1.29, 1.82) is 0 Å². The first-order valence-corrected chi connectivity index (χ1v) is 10.3. The first-order chi connectivity index (χ1) is 11.7. The van der Waals surface area contributed by atoms with Crippen LogP contribution < -0.4 is 11.1 Å². The lowest BCUT2D eigenvalue weighted by molar-refractivity contribution is -0.119. The van der Waals surface area contributed by atoms with Crippen LogP contribution in [0.4, 0.5) is 0 Å². The molecule has 0 aromatic heterocycles. The van der Waals surface area contributed by atoms with E-state index in [2.05, 4.69) is 12.2 Å². The molecule has 4 N–H and O–H groups in total. The summed E-state index contributed by atoms with van der Waals surface area (Å²) in [5.74, 6) is 0.327. The number of nitrogens with one attached hydrogen (secondary N) is 1. The number of aliphatic hydroxyl groups is 1. The van der Waals surface area contributed by atoms with E-state index in [1.54, 1.807) is 0 Å². The summed E-state index contributed by atoms with van der Waals surface area (Å²) in [5, 5.41) is 13.2. The van der Waals surface area contributed by atoms with E-state index in [9.17, 15) is 9.90 Å². The zero-order valence-corrected chi connectivity index (χ0v) is 17.3. The normalized spacial score (nSPS) is 12.0. The number of Topliss-reactive ketones (excluding diaryl/α,β-unsaturated/α-hetero) is 1. The summed E-state index contributed by atoms with van der Waals surface area (Å²) in [6.07, 6.45) is 14.4. The summed E-state index contributed by atoms with van der Waals surface area (Å²) in [7, 11) is 0. The molecular weight excluding hydrogens is 336 g/mol. The molecule has 0 aliphatic heterocycles. The number of aliphatic hydroxyl groups excluding tert-OH is 1. The van der Waals surface area contributed by atoms with Crippen molar-refractivity contribution in [2.24, 2.45) is 5.73 Å². The fourth-order valence-corrected chi connectivity index (χ4v) is 2.91. The maximum Gasteiger partial charge on any atom is 0.133 e. The zero-order valence-electron chi connectivity index (χ0n) is 16.4. The molecule has 0 rings (SSSR count). The Hall–Kier alpha value is -0.160. The first-order valence-electron chi connectivity index (χ1n) is 10.3. The van der Waals surface area contributed by atoms with Crippen LogP contribution in [0.3, 0.4) is 0 Å². The van der Waals surface area contributed by atoms with Crippen LogP contribution in [0.15, 0.2) is 0 Å². The molecule has 0 heterocycles. The molecule has 0 saturated carbocycles. The third-order valence-electron chi connectivity index (χ3n) is 4.53. The first kappa shape index (κ1) is 27.1. The van der Waals surface area contributed by atoms with E-state index in [1.165, 1.54) is 44.9 Å². The van der Waals surface area contributed by atoms with Gasteiger partial charge in [-0.3, -0.25) is 4.79 Å². The summed E-state index contributed by atoms with van der Waals surface area (Å²) in [6, 6.07) is 0. The molecule has 0 spiro atoms. The van der Waals surface area contributed by atoms with E-state index in [1.807, 2.05) is 0 Å². The van der Waals surface area contributed by atoms with Gasteiger partial charge in [-0.05, 0) is 32.2 Å². The number of rotatable bonds is 19. The molecular formula is C20H43ClN2O2. The summed E-state index contributed by atoms with van der Waals surface area (Å²) >= 11 is 0. The highest BCUT2D eigenvalue weighted by molar-refractivity contribution is 5.85. The maximum atomic E-state index is 11.8. The van der Waals surface area contributed by atoms with Crippen LogP contribution in [-0.2, 0) is 4.79 Å². The molecule has 0 radical (unpaired) electrons. The van der Waals surface area contributed by atoms with Gasteiger partial charge in [-0.1, -0.05) is 58.3 Å². The summed E-state index contributed by atoms with van der Waals surface area (Å²) in [6.45, 7) is 4.88. The van der Waals surface area contributed by atoms with E-state index in [4.69, 9.17) is 5.73 Å². The Morgan fingerprint density at radius 2 is 1.52 bits per heavy atom. The highest BCUT2D eigenvalue weighted by Gasteiger charge is 2.08. The van der Waals surface area contributed by atoms with Crippen LogP contribution in [-0.4, -0.2) is 36.6 Å². The topological polar surface area (TPSA) is 75.3 Å². The second-order valence-electron chi connectivity index (χ2n) is 6.99.